The van der Waals surface area contributed by atoms with Gasteiger partial charge in [-0.3, -0.25) is 9.59 Å². The van der Waals surface area contributed by atoms with Gasteiger partial charge >= 0.3 is 5.97 Å². The molecular formula is C84H157NO5. The first-order valence-electron chi connectivity index (χ1n) is 40.6. The van der Waals surface area contributed by atoms with Gasteiger partial charge in [-0.05, 0) is 96.3 Å². The number of hydrogen-bond acceptors (Lipinski definition) is 5. The third-order valence-corrected chi connectivity index (χ3v) is 18.8. The van der Waals surface area contributed by atoms with Crippen LogP contribution in [0.25, 0.3) is 0 Å². The number of aliphatic hydroxyl groups excluding tert-OH is 2. The van der Waals surface area contributed by atoms with Crippen LogP contribution < -0.4 is 5.32 Å². The topological polar surface area (TPSA) is 95.9 Å². The van der Waals surface area contributed by atoms with Crippen LogP contribution in [0, 0.1) is 0 Å². The Hall–Kier alpha value is -2.44. The zero-order valence-electron chi connectivity index (χ0n) is 60.6. The molecule has 0 radical (unpaired) electrons. The highest BCUT2D eigenvalue weighted by Gasteiger charge is 2.18. The van der Waals surface area contributed by atoms with Crippen LogP contribution >= 0.6 is 0 Å². The van der Waals surface area contributed by atoms with E-state index in [1.54, 1.807) is 6.08 Å². The Labute approximate surface area is 562 Å². The number of aliphatic hydroxyl groups is 2. The maximum absolute atomic E-state index is 12.5. The van der Waals surface area contributed by atoms with Crippen LogP contribution in [-0.2, 0) is 14.3 Å². The Kier molecular flexibility index (Phi) is 76.9. The second kappa shape index (κ2) is 79.0. The van der Waals surface area contributed by atoms with Gasteiger partial charge in [-0.25, -0.2) is 0 Å². The first-order valence-corrected chi connectivity index (χ1v) is 40.6. The van der Waals surface area contributed by atoms with E-state index in [1.165, 1.54) is 353 Å². The summed E-state index contributed by atoms with van der Waals surface area (Å²) in [6.45, 7) is 4.92. The lowest BCUT2D eigenvalue weighted by Gasteiger charge is -2.20. The van der Waals surface area contributed by atoms with E-state index < -0.39 is 12.1 Å². The van der Waals surface area contributed by atoms with Crippen molar-refractivity contribution in [3.63, 3.8) is 0 Å². The Morgan fingerprint density at radius 2 is 0.556 bits per heavy atom. The van der Waals surface area contributed by atoms with E-state index in [4.69, 9.17) is 4.74 Å². The molecule has 0 rings (SSSR count). The number of unbranched alkanes of at least 4 members (excludes halogenated alkanes) is 57. The van der Waals surface area contributed by atoms with Gasteiger partial charge in [0.15, 0.2) is 0 Å². The predicted molar refractivity (Wildman–Crippen MR) is 398 cm³/mol. The number of nitrogens with one attached hydrogen (secondary N) is 1. The summed E-state index contributed by atoms with van der Waals surface area (Å²) in [5, 5.41) is 23.3. The molecule has 3 N–H and O–H groups in total. The van der Waals surface area contributed by atoms with E-state index in [2.05, 4.69) is 67.8 Å². The molecule has 0 aliphatic rings. The largest absolute Gasteiger partial charge is 0.466 e. The zero-order valence-corrected chi connectivity index (χ0v) is 60.6. The number of carbonyl (C=O) groups is 2. The minimum Gasteiger partial charge on any atom is -0.466 e. The Bertz CT molecular complexity index is 1550. The maximum atomic E-state index is 12.5. The van der Waals surface area contributed by atoms with Crippen molar-refractivity contribution in [2.24, 2.45) is 0 Å². The van der Waals surface area contributed by atoms with Crippen molar-refractivity contribution in [2.45, 2.75) is 450 Å². The van der Waals surface area contributed by atoms with Crippen molar-refractivity contribution in [1.29, 1.82) is 0 Å². The van der Waals surface area contributed by atoms with Crippen molar-refractivity contribution in [1.82, 2.24) is 5.32 Å². The fraction of sp³-hybridized carbons (Fsp3) is 0.857. The molecular weight excluding hydrogens is 1100 g/mol. The first-order chi connectivity index (χ1) is 44.5. The van der Waals surface area contributed by atoms with Gasteiger partial charge in [0.05, 0.1) is 25.4 Å². The third-order valence-electron chi connectivity index (χ3n) is 18.8. The minimum atomic E-state index is -0.844. The number of amides is 1. The third kappa shape index (κ3) is 74.6. The molecule has 0 aromatic carbocycles. The molecule has 0 aromatic heterocycles. The van der Waals surface area contributed by atoms with Crippen LogP contribution in [0.3, 0.4) is 0 Å². The normalized spacial score (nSPS) is 12.8. The minimum absolute atomic E-state index is 0.00527. The van der Waals surface area contributed by atoms with Gasteiger partial charge in [-0.1, -0.05) is 389 Å². The molecule has 0 aromatic rings. The zero-order chi connectivity index (χ0) is 64.9. The van der Waals surface area contributed by atoms with E-state index in [1.807, 2.05) is 6.08 Å². The van der Waals surface area contributed by atoms with Crippen molar-refractivity contribution < 1.29 is 24.5 Å². The Morgan fingerprint density at radius 3 is 0.856 bits per heavy atom. The summed E-state index contributed by atoms with van der Waals surface area (Å²) in [5.41, 5.74) is 0. The number of esters is 1. The molecule has 0 aliphatic carbocycles. The molecule has 0 spiro atoms. The highest BCUT2D eigenvalue weighted by molar-refractivity contribution is 5.76. The van der Waals surface area contributed by atoms with Gasteiger partial charge in [0.2, 0.25) is 5.91 Å². The summed E-state index contributed by atoms with van der Waals surface area (Å²) in [4.78, 5) is 24.6. The van der Waals surface area contributed by atoms with Crippen molar-refractivity contribution in [3.05, 3.63) is 60.8 Å². The molecule has 2 unspecified atom stereocenters. The highest BCUT2D eigenvalue weighted by Crippen LogP contribution is 2.19. The molecule has 0 saturated heterocycles. The number of hydrogen-bond donors (Lipinski definition) is 3. The van der Waals surface area contributed by atoms with Crippen LogP contribution in [0.15, 0.2) is 60.8 Å². The lowest BCUT2D eigenvalue weighted by Crippen LogP contribution is -2.45. The fourth-order valence-electron chi connectivity index (χ4n) is 12.6. The lowest BCUT2D eigenvalue weighted by atomic mass is 10.0. The molecule has 6 heteroatoms. The van der Waals surface area contributed by atoms with E-state index in [0.717, 1.165) is 57.8 Å². The smallest absolute Gasteiger partial charge is 0.305 e. The van der Waals surface area contributed by atoms with E-state index >= 15 is 0 Å². The summed E-state index contributed by atoms with van der Waals surface area (Å²) >= 11 is 0. The van der Waals surface area contributed by atoms with Crippen LogP contribution in [-0.4, -0.2) is 47.4 Å². The van der Waals surface area contributed by atoms with Gasteiger partial charge in [0.1, 0.15) is 0 Å². The van der Waals surface area contributed by atoms with Gasteiger partial charge in [0, 0.05) is 12.8 Å². The molecule has 1 amide bonds. The monoisotopic (exact) mass is 1260 g/mol. The van der Waals surface area contributed by atoms with Gasteiger partial charge in [-0.2, -0.15) is 0 Å². The summed E-state index contributed by atoms with van der Waals surface area (Å²) in [7, 11) is 0. The Morgan fingerprint density at radius 1 is 0.311 bits per heavy atom. The number of rotatable bonds is 76. The number of carbonyl (C=O) groups excluding carboxylic acids is 2. The molecule has 0 aliphatic heterocycles. The highest BCUT2D eigenvalue weighted by atomic mass is 16.5. The molecule has 0 heterocycles. The van der Waals surface area contributed by atoms with E-state index in [9.17, 15) is 19.8 Å². The van der Waals surface area contributed by atoms with Crippen LogP contribution in [0.5, 0.6) is 0 Å². The van der Waals surface area contributed by atoms with Crippen LogP contribution in [0.4, 0.5) is 0 Å². The average molecular weight is 1260 g/mol. The van der Waals surface area contributed by atoms with E-state index in [0.29, 0.717) is 19.4 Å². The van der Waals surface area contributed by atoms with E-state index in [-0.39, 0.29) is 18.5 Å². The van der Waals surface area contributed by atoms with Crippen LogP contribution in [0.1, 0.15) is 438 Å². The summed E-state index contributed by atoms with van der Waals surface area (Å²) < 4.78 is 5.50. The number of ether oxygens (including phenoxy) is 1. The molecule has 90 heavy (non-hydrogen) atoms. The molecule has 2 atom stereocenters. The molecule has 0 fully saturated rings. The SMILES string of the molecule is CCCCCC/C=C\C/C=C\CCCCCCCC(=O)OCCCCCCCCCCCCCCC/C=C\C/C=C\CCCCCCCCCCCCCCCCCCCC(=O)NC(CO)C(O)/C=C/CCCCCCCCCCCCCCCCCCCC. The second-order valence-corrected chi connectivity index (χ2v) is 27.7. The van der Waals surface area contributed by atoms with Crippen LogP contribution in [0.2, 0.25) is 0 Å². The summed E-state index contributed by atoms with van der Waals surface area (Å²) in [6, 6.07) is -0.628. The van der Waals surface area contributed by atoms with Crippen molar-refractivity contribution in [2.75, 3.05) is 13.2 Å². The Balaban J connectivity index is 3.39. The summed E-state index contributed by atoms with van der Waals surface area (Å²) in [5.74, 6) is -0.0563. The second-order valence-electron chi connectivity index (χ2n) is 27.7. The lowest BCUT2D eigenvalue weighted by molar-refractivity contribution is -0.143. The van der Waals surface area contributed by atoms with Gasteiger partial charge < -0.3 is 20.3 Å². The maximum Gasteiger partial charge on any atom is 0.305 e. The number of allylic oxidation sites excluding steroid dienone is 9. The predicted octanol–water partition coefficient (Wildman–Crippen LogP) is 26.9. The molecule has 0 bridgehead atoms. The molecule has 6 nitrogen and oxygen atoms in total. The standard InChI is InChI=1S/C84H157NO5/c1-3-5-7-9-11-13-15-17-19-21-22-42-45-48-52-56-60-64-68-72-76-82(87)81(80-86)85-83(88)77-73-69-65-61-57-53-49-46-43-40-38-36-34-32-30-28-26-24-23-25-27-29-31-33-35-37-39-41-44-47-51-55-59-63-67-71-75-79-90-84(89)78-74-70-66-62-58-54-50-20-18-16-14-12-10-8-6-4-2/h14,16,20,23,25,29,31,50,72,76,81-82,86-87H,3-13,15,17-19,21-22,24,26-28,30,32-49,51-71,73-75,77-80H2,1-2H3,(H,85,88)/b16-14-,25-23-,31-29-,50-20-,76-72+. The van der Waals surface area contributed by atoms with Gasteiger partial charge in [-0.15, -0.1) is 0 Å². The molecule has 528 valence electrons. The first kappa shape index (κ1) is 87.6. The quantitative estimate of drug-likeness (QED) is 0.0320. The molecule has 0 saturated carbocycles. The fourth-order valence-corrected chi connectivity index (χ4v) is 12.6. The van der Waals surface area contributed by atoms with Gasteiger partial charge in [0.25, 0.3) is 0 Å². The average Bonchev–Trinajstić information content (AvgIpc) is 3.68. The van der Waals surface area contributed by atoms with Crippen molar-refractivity contribution >= 4 is 11.9 Å². The summed E-state index contributed by atoms with van der Waals surface area (Å²) in [6.07, 6.45) is 106. The van der Waals surface area contributed by atoms with Crippen molar-refractivity contribution in [3.8, 4) is 0 Å².